The summed E-state index contributed by atoms with van der Waals surface area (Å²) in [6.07, 6.45) is 0.385. The molecule has 0 aliphatic carbocycles. The summed E-state index contributed by atoms with van der Waals surface area (Å²) in [6.45, 7) is -0.217. The number of nitrogens with one attached hydrogen (secondary N) is 1. The number of aliphatic hydroxyl groups is 2. The van der Waals surface area contributed by atoms with E-state index in [1.807, 2.05) is 6.07 Å². The first kappa shape index (κ1) is 19.2. The third-order valence-corrected chi connectivity index (χ3v) is 3.71. The van der Waals surface area contributed by atoms with E-state index in [0.29, 0.717) is 29.0 Å². The van der Waals surface area contributed by atoms with Crippen LogP contribution in [0.15, 0.2) is 42.5 Å². The summed E-state index contributed by atoms with van der Waals surface area (Å²) in [4.78, 5) is 11.9. The smallest absolute Gasteiger partial charge is 0.330 e. The molecule has 7 heteroatoms. The van der Waals surface area contributed by atoms with Crippen molar-refractivity contribution >= 4 is 11.7 Å². The van der Waals surface area contributed by atoms with Crippen molar-refractivity contribution in [3.63, 3.8) is 0 Å². The number of carboxylic acids is 1. The molecule has 0 aromatic heterocycles. The SMILES string of the molecule is N#Cc1ccc(NC(C(=O)O)c2cc(CCO)ccc2OCCO)cc1. The molecule has 0 bridgehead atoms. The first-order valence-electron chi connectivity index (χ1n) is 8.06. The van der Waals surface area contributed by atoms with Gasteiger partial charge >= 0.3 is 5.97 Å². The molecule has 7 nitrogen and oxygen atoms in total. The van der Waals surface area contributed by atoms with Gasteiger partial charge < -0.3 is 25.4 Å². The topological polar surface area (TPSA) is 123 Å². The molecular weight excluding hydrogens is 336 g/mol. The average molecular weight is 356 g/mol. The summed E-state index contributed by atoms with van der Waals surface area (Å²) in [5, 5.41) is 39.6. The van der Waals surface area contributed by atoms with Crippen molar-refractivity contribution < 1.29 is 24.9 Å². The highest BCUT2D eigenvalue weighted by atomic mass is 16.5. The second-order valence-electron chi connectivity index (χ2n) is 5.52. The lowest BCUT2D eigenvalue weighted by molar-refractivity contribution is -0.138. The van der Waals surface area contributed by atoms with Crippen molar-refractivity contribution in [2.45, 2.75) is 12.5 Å². The van der Waals surface area contributed by atoms with Gasteiger partial charge in [-0.3, -0.25) is 0 Å². The quantitative estimate of drug-likeness (QED) is 0.539. The summed E-state index contributed by atoms with van der Waals surface area (Å²) < 4.78 is 5.47. The van der Waals surface area contributed by atoms with Crippen LogP contribution in [0, 0.1) is 11.3 Å². The average Bonchev–Trinajstić information content (AvgIpc) is 2.65. The molecule has 26 heavy (non-hydrogen) atoms. The number of ether oxygens (including phenoxy) is 1. The van der Waals surface area contributed by atoms with E-state index in [1.54, 1.807) is 42.5 Å². The number of benzene rings is 2. The minimum atomic E-state index is -1.11. The van der Waals surface area contributed by atoms with E-state index in [1.165, 1.54) is 0 Å². The lowest BCUT2D eigenvalue weighted by Gasteiger charge is -2.20. The second kappa shape index (κ2) is 9.42. The lowest BCUT2D eigenvalue weighted by atomic mass is 10.0. The Labute approximate surface area is 151 Å². The third kappa shape index (κ3) is 4.96. The van der Waals surface area contributed by atoms with E-state index in [4.69, 9.17) is 20.2 Å². The molecule has 0 radical (unpaired) electrons. The maximum atomic E-state index is 11.9. The zero-order valence-corrected chi connectivity index (χ0v) is 14.1. The molecule has 0 amide bonds. The number of nitriles is 1. The zero-order chi connectivity index (χ0) is 18.9. The zero-order valence-electron chi connectivity index (χ0n) is 14.1. The number of hydrogen-bond acceptors (Lipinski definition) is 6. The van der Waals surface area contributed by atoms with Crippen LogP contribution in [0.4, 0.5) is 5.69 Å². The molecule has 1 atom stereocenters. The molecule has 0 fully saturated rings. The van der Waals surface area contributed by atoms with E-state index in [2.05, 4.69) is 5.32 Å². The van der Waals surface area contributed by atoms with E-state index in [9.17, 15) is 9.90 Å². The van der Waals surface area contributed by atoms with Gasteiger partial charge in [0.15, 0.2) is 6.04 Å². The Morgan fingerprint density at radius 2 is 1.88 bits per heavy atom. The number of aliphatic hydroxyl groups excluding tert-OH is 2. The van der Waals surface area contributed by atoms with Crippen LogP contribution in [0.5, 0.6) is 5.75 Å². The van der Waals surface area contributed by atoms with Crippen LogP contribution in [-0.2, 0) is 11.2 Å². The van der Waals surface area contributed by atoms with E-state index >= 15 is 0 Å². The maximum Gasteiger partial charge on any atom is 0.330 e. The monoisotopic (exact) mass is 356 g/mol. The van der Waals surface area contributed by atoms with Gasteiger partial charge in [0.25, 0.3) is 0 Å². The largest absolute Gasteiger partial charge is 0.491 e. The number of rotatable bonds is 9. The highest BCUT2D eigenvalue weighted by molar-refractivity contribution is 5.80. The van der Waals surface area contributed by atoms with Crippen molar-refractivity contribution in [2.75, 3.05) is 25.1 Å². The fourth-order valence-corrected chi connectivity index (χ4v) is 2.48. The van der Waals surface area contributed by atoms with Gasteiger partial charge in [-0.25, -0.2) is 4.79 Å². The maximum absolute atomic E-state index is 11.9. The number of nitrogens with zero attached hydrogens (tertiary/aromatic N) is 1. The number of aliphatic carboxylic acids is 1. The molecular formula is C19H20N2O5. The first-order valence-corrected chi connectivity index (χ1v) is 8.06. The molecule has 2 aromatic rings. The molecule has 0 aliphatic heterocycles. The Morgan fingerprint density at radius 3 is 2.46 bits per heavy atom. The van der Waals surface area contributed by atoms with Crippen molar-refractivity contribution in [3.05, 3.63) is 59.2 Å². The fourth-order valence-electron chi connectivity index (χ4n) is 2.48. The van der Waals surface area contributed by atoms with Gasteiger partial charge in [-0.2, -0.15) is 5.26 Å². The third-order valence-electron chi connectivity index (χ3n) is 3.71. The predicted molar refractivity (Wildman–Crippen MR) is 95.0 cm³/mol. The molecule has 0 heterocycles. The van der Waals surface area contributed by atoms with Crippen LogP contribution in [0.1, 0.15) is 22.7 Å². The highest BCUT2D eigenvalue weighted by Crippen LogP contribution is 2.30. The highest BCUT2D eigenvalue weighted by Gasteiger charge is 2.24. The summed E-state index contributed by atoms with van der Waals surface area (Å²) >= 11 is 0. The Morgan fingerprint density at radius 1 is 1.15 bits per heavy atom. The number of hydrogen-bond donors (Lipinski definition) is 4. The molecule has 0 aliphatic rings. The molecule has 136 valence electrons. The Bertz CT molecular complexity index is 784. The minimum absolute atomic E-state index is 0.0373. The summed E-state index contributed by atoms with van der Waals surface area (Å²) in [7, 11) is 0. The minimum Gasteiger partial charge on any atom is -0.491 e. The standard InChI is InChI=1S/C19H20N2O5/c20-12-14-1-4-15(5-2-14)21-18(19(24)25)16-11-13(7-8-22)3-6-17(16)26-10-9-23/h1-6,11,18,21-23H,7-10H2,(H,24,25). The molecule has 4 N–H and O–H groups in total. The van der Waals surface area contributed by atoms with Crippen LogP contribution >= 0.6 is 0 Å². The van der Waals surface area contributed by atoms with E-state index in [-0.39, 0.29) is 19.8 Å². The summed E-state index contributed by atoms with van der Waals surface area (Å²) in [6, 6.07) is 12.4. The number of carbonyl (C=O) groups is 1. The molecule has 0 saturated carbocycles. The Hall–Kier alpha value is -3.08. The normalized spacial score (nSPS) is 11.4. The second-order valence-corrected chi connectivity index (χ2v) is 5.52. The summed E-state index contributed by atoms with van der Waals surface area (Å²) in [5.74, 6) is -0.765. The van der Waals surface area contributed by atoms with Gasteiger partial charge in [-0.1, -0.05) is 6.07 Å². The van der Waals surface area contributed by atoms with Crippen molar-refractivity contribution in [1.82, 2.24) is 0 Å². The van der Waals surface area contributed by atoms with Crippen LogP contribution in [0.3, 0.4) is 0 Å². The van der Waals surface area contributed by atoms with Crippen LogP contribution < -0.4 is 10.1 Å². The van der Waals surface area contributed by atoms with E-state index < -0.39 is 12.0 Å². The molecule has 0 spiro atoms. The van der Waals surface area contributed by atoms with Crippen molar-refractivity contribution in [3.8, 4) is 11.8 Å². The van der Waals surface area contributed by atoms with Crippen LogP contribution in [-0.4, -0.2) is 41.1 Å². The van der Waals surface area contributed by atoms with Gasteiger partial charge in [0.2, 0.25) is 0 Å². The van der Waals surface area contributed by atoms with Crippen molar-refractivity contribution in [1.29, 1.82) is 5.26 Å². The van der Waals surface area contributed by atoms with Crippen LogP contribution in [0.2, 0.25) is 0 Å². The van der Waals surface area contributed by atoms with Gasteiger partial charge in [0.1, 0.15) is 12.4 Å². The summed E-state index contributed by atoms with van der Waals surface area (Å²) in [5.41, 5.74) is 2.17. The first-order chi connectivity index (χ1) is 12.6. The fraction of sp³-hybridized carbons (Fsp3) is 0.263. The Balaban J connectivity index is 2.37. The molecule has 0 saturated heterocycles. The Kier molecular flexibility index (Phi) is 6.97. The van der Waals surface area contributed by atoms with Gasteiger partial charge in [-0.15, -0.1) is 0 Å². The molecule has 1 unspecified atom stereocenters. The van der Waals surface area contributed by atoms with Crippen LogP contribution in [0.25, 0.3) is 0 Å². The number of carboxylic acid groups (broad SMARTS) is 1. The van der Waals surface area contributed by atoms with Gasteiger partial charge in [0.05, 0.1) is 18.2 Å². The van der Waals surface area contributed by atoms with E-state index in [0.717, 1.165) is 5.56 Å². The number of anilines is 1. The molecule has 2 rings (SSSR count). The molecule has 2 aromatic carbocycles. The van der Waals surface area contributed by atoms with Crippen molar-refractivity contribution in [2.24, 2.45) is 0 Å². The predicted octanol–water partition coefficient (Wildman–Crippen LogP) is 1.70. The van der Waals surface area contributed by atoms with Gasteiger partial charge in [0, 0.05) is 17.9 Å². The van der Waals surface area contributed by atoms with Gasteiger partial charge in [-0.05, 0) is 48.4 Å². The lowest BCUT2D eigenvalue weighted by Crippen LogP contribution is -2.22.